The molecule has 1 N–H and O–H groups in total. The van der Waals surface area contributed by atoms with Crippen LogP contribution in [0.2, 0.25) is 5.02 Å². The van der Waals surface area contributed by atoms with Crippen molar-refractivity contribution in [1.29, 1.82) is 0 Å². The first-order valence-corrected chi connectivity index (χ1v) is 5.33. The summed E-state index contributed by atoms with van der Waals surface area (Å²) in [4.78, 5) is 3.48. The molecule has 0 saturated heterocycles. The largest absolute Gasteiger partial charge is 0.380 e. The minimum atomic E-state index is -0.556. The van der Waals surface area contributed by atoms with Crippen molar-refractivity contribution in [3.05, 3.63) is 58.9 Å². The van der Waals surface area contributed by atoms with Gasteiger partial charge in [0.15, 0.2) is 0 Å². The van der Waals surface area contributed by atoms with Crippen LogP contribution in [0.4, 0.5) is 14.5 Å². The lowest BCUT2D eigenvalue weighted by Gasteiger charge is -2.08. The third-order valence-electron chi connectivity index (χ3n) is 2.26. The lowest BCUT2D eigenvalue weighted by molar-refractivity contribution is 0.584. The highest BCUT2D eigenvalue weighted by molar-refractivity contribution is 6.31. The third kappa shape index (κ3) is 2.91. The van der Waals surface area contributed by atoms with Gasteiger partial charge in [0.2, 0.25) is 5.95 Å². The van der Waals surface area contributed by atoms with Crippen LogP contribution in [0, 0.1) is 11.8 Å². The Morgan fingerprint density at radius 2 is 2.00 bits per heavy atom. The smallest absolute Gasteiger partial charge is 0.212 e. The molecule has 0 amide bonds. The van der Waals surface area contributed by atoms with E-state index in [2.05, 4.69) is 10.3 Å². The van der Waals surface area contributed by atoms with Crippen LogP contribution < -0.4 is 5.32 Å². The molecule has 5 heteroatoms. The standard InChI is InChI=1S/C12H9ClF2N2/c13-10-2-1-3-11(14)9(10)7-16-8-4-5-12(15)17-6-8/h1-6,16H,7H2. The molecule has 1 heterocycles. The van der Waals surface area contributed by atoms with E-state index in [9.17, 15) is 8.78 Å². The summed E-state index contributed by atoms with van der Waals surface area (Å²) in [5.41, 5.74) is 0.976. The van der Waals surface area contributed by atoms with E-state index >= 15 is 0 Å². The van der Waals surface area contributed by atoms with Gasteiger partial charge in [0.05, 0.1) is 11.9 Å². The average molecular weight is 255 g/mol. The van der Waals surface area contributed by atoms with E-state index in [0.717, 1.165) is 0 Å². The Labute approximate surface area is 102 Å². The van der Waals surface area contributed by atoms with Crippen LogP contribution in [-0.4, -0.2) is 4.98 Å². The van der Waals surface area contributed by atoms with Gasteiger partial charge in [-0.3, -0.25) is 0 Å². The summed E-state index contributed by atoms with van der Waals surface area (Å²) in [5, 5.41) is 3.27. The molecule has 17 heavy (non-hydrogen) atoms. The predicted octanol–water partition coefficient (Wildman–Crippen LogP) is 3.63. The molecule has 0 radical (unpaired) electrons. The van der Waals surface area contributed by atoms with Gasteiger partial charge in [0.1, 0.15) is 5.82 Å². The number of anilines is 1. The van der Waals surface area contributed by atoms with E-state index < -0.39 is 5.95 Å². The second-order valence-corrected chi connectivity index (χ2v) is 3.83. The molecule has 0 aliphatic heterocycles. The highest BCUT2D eigenvalue weighted by Gasteiger charge is 2.06. The quantitative estimate of drug-likeness (QED) is 0.846. The molecule has 1 aromatic heterocycles. The minimum absolute atomic E-state index is 0.221. The van der Waals surface area contributed by atoms with Crippen molar-refractivity contribution >= 4 is 17.3 Å². The van der Waals surface area contributed by atoms with E-state index in [1.165, 1.54) is 24.4 Å². The fourth-order valence-corrected chi connectivity index (χ4v) is 1.60. The van der Waals surface area contributed by atoms with E-state index in [-0.39, 0.29) is 12.4 Å². The summed E-state index contributed by atoms with van der Waals surface area (Å²) in [7, 11) is 0. The van der Waals surface area contributed by atoms with Crippen molar-refractivity contribution < 1.29 is 8.78 Å². The molecule has 1 aromatic carbocycles. The maximum Gasteiger partial charge on any atom is 0.212 e. The van der Waals surface area contributed by atoms with Crippen molar-refractivity contribution in [2.24, 2.45) is 0 Å². The van der Waals surface area contributed by atoms with Gasteiger partial charge in [0.25, 0.3) is 0 Å². The zero-order valence-electron chi connectivity index (χ0n) is 8.75. The number of hydrogen-bond donors (Lipinski definition) is 1. The number of nitrogens with zero attached hydrogens (tertiary/aromatic N) is 1. The number of pyridine rings is 1. The van der Waals surface area contributed by atoms with Crippen LogP contribution in [0.1, 0.15) is 5.56 Å². The number of nitrogens with one attached hydrogen (secondary N) is 1. The number of benzene rings is 1. The number of aromatic nitrogens is 1. The number of rotatable bonds is 3. The molecule has 0 fully saturated rings. The van der Waals surface area contributed by atoms with Gasteiger partial charge in [-0.2, -0.15) is 4.39 Å². The van der Waals surface area contributed by atoms with Crippen LogP contribution in [0.25, 0.3) is 0 Å². The first kappa shape index (κ1) is 11.8. The topological polar surface area (TPSA) is 24.9 Å². The SMILES string of the molecule is Fc1ccc(NCc2c(F)cccc2Cl)cn1. The van der Waals surface area contributed by atoms with Crippen LogP contribution in [0.3, 0.4) is 0 Å². The van der Waals surface area contributed by atoms with E-state index in [4.69, 9.17) is 11.6 Å². The molecule has 0 atom stereocenters. The van der Waals surface area contributed by atoms with Crippen LogP contribution in [-0.2, 0) is 6.54 Å². The molecule has 0 aliphatic rings. The van der Waals surface area contributed by atoms with Gasteiger partial charge in [0, 0.05) is 17.1 Å². The Morgan fingerprint density at radius 3 is 2.65 bits per heavy atom. The molecule has 2 aromatic rings. The lowest BCUT2D eigenvalue weighted by Crippen LogP contribution is -2.03. The monoisotopic (exact) mass is 254 g/mol. The summed E-state index contributed by atoms with van der Waals surface area (Å²) in [5.74, 6) is -0.931. The molecule has 88 valence electrons. The molecule has 0 saturated carbocycles. The van der Waals surface area contributed by atoms with Crippen LogP contribution in [0.15, 0.2) is 36.5 Å². The summed E-state index contributed by atoms with van der Waals surface area (Å²) in [6.45, 7) is 0.221. The Bertz CT molecular complexity index is 494. The van der Waals surface area contributed by atoms with Gasteiger partial charge in [-0.25, -0.2) is 9.37 Å². The fraction of sp³-hybridized carbons (Fsp3) is 0.0833. The Kier molecular flexibility index (Phi) is 3.54. The summed E-state index contributed by atoms with van der Waals surface area (Å²) in [6, 6.07) is 7.25. The molecule has 2 nitrogen and oxygen atoms in total. The van der Waals surface area contributed by atoms with Crippen molar-refractivity contribution in [2.45, 2.75) is 6.54 Å². The van der Waals surface area contributed by atoms with Crippen LogP contribution in [0.5, 0.6) is 0 Å². The Balaban J connectivity index is 2.10. The normalized spacial score (nSPS) is 10.3. The zero-order valence-corrected chi connectivity index (χ0v) is 9.51. The fourth-order valence-electron chi connectivity index (χ4n) is 1.37. The second-order valence-electron chi connectivity index (χ2n) is 3.42. The van der Waals surface area contributed by atoms with Crippen molar-refractivity contribution in [2.75, 3.05) is 5.32 Å². The highest BCUT2D eigenvalue weighted by atomic mass is 35.5. The molecule has 0 bridgehead atoms. The van der Waals surface area contributed by atoms with Crippen molar-refractivity contribution in [3.63, 3.8) is 0 Å². The van der Waals surface area contributed by atoms with Gasteiger partial charge in [-0.05, 0) is 24.3 Å². The number of hydrogen-bond acceptors (Lipinski definition) is 2. The zero-order chi connectivity index (χ0) is 12.3. The van der Waals surface area contributed by atoms with E-state index in [1.807, 2.05) is 0 Å². The first-order valence-electron chi connectivity index (χ1n) is 4.95. The van der Waals surface area contributed by atoms with Gasteiger partial charge in [-0.1, -0.05) is 17.7 Å². The highest BCUT2D eigenvalue weighted by Crippen LogP contribution is 2.20. The van der Waals surface area contributed by atoms with Crippen LogP contribution >= 0.6 is 11.6 Å². The molecule has 0 unspecified atom stereocenters. The van der Waals surface area contributed by atoms with E-state index in [1.54, 1.807) is 12.1 Å². The summed E-state index contributed by atoms with van der Waals surface area (Å²) in [6.07, 6.45) is 1.34. The summed E-state index contributed by atoms with van der Waals surface area (Å²) < 4.78 is 26.0. The van der Waals surface area contributed by atoms with Crippen molar-refractivity contribution in [3.8, 4) is 0 Å². The third-order valence-corrected chi connectivity index (χ3v) is 2.61. The van der Waals surface area contributed by atoms with Gasteiger partial charge >= 0.3 is 0 Å². The molecule has 0 spiro atoms. The van der Waals surface area contributed by atoms with Gasteiger partial charge in [-0.15, -0.1) is 0 Å². The molecule has 2 rings (SSSR count). The maximum atomic E-state index is 13.4. The van der Waals surface area contributed by atoms with Gasteiger partial charge < -0.3 is 5.32 Å². The average Bonchev–Trinajstić information content (AvgIpc) is 2.31. The van der Waals surface area contributed by atoms with E-state index in [0.29, 0.717) is 16.3 Å². The Hall–Kier alpha value is -1.68. The molecular formula is C12H9ClF2N2. The molecular weight excluding hydrogens is 246 g/mol. The predicted molar refractivity (Wildman–Crippen MR) is 62.9 cm³/mol. The molecule has 0 aliphatic carbocycles. The maximum absolute atomic E-state index is 13.4. The summed E-state index contributed by atoms with van der Waals surface area (Å²) >= 11 is 5.87. The lowest BCUT2D eigenvalue weighted by atomic mass is 10.2. The number of halogens is 3. The first-order chi connectivity index (χ1) is 8.16. The minimum Gasteiger partial charge on any atom is -0.380 e. The van der Waals surface area contributed by atoms with Crippen molar-refractivity contribution in [1.82, 2.24) is 4.98 Å². The second kappa shape index (κ2) is 5.10. The Morgan fingerprint density at radius 1 is 1.18 bits per heavy atom.